The van der Waals surface area contributed by atoms with Crippen LogP contribution in [0.4, 0.5) is 0 Å². The number of hydrogen-bond acceptors (Lipinski definition) is 9. The quantitative estimate of drug-likeness (QED) is 0.371. The maximum absolute atomic E-state index is 13.9. The van der Waals surface area contributed by atoms with Crippen molar-refractivity contribution in [2.75, 3.05) is 14.1 Å². The Morgan fingerprint density at radius 2 is 1.89 bits per heavy atom. The number of nitrogens with two attached hydrogens (primary N) is 1. The van der Waals surface area contributed by atoms with Crippen LogP contribution >= 0.6 is 0 Å². The summed E-state index contributed by atoms with van der Waals surface area (Å²) in [6.45, 7) is 3.97. The van der Waals surface area contributed by atoms with Crippen LogP contribution in [-0.4, -0.2) is 78.3 Å². The highest BCUT2D eigenvalue weighted by Gasteiger charge is 2.64. The second kappa shape index (κ2) is 8.53. The summed E-state index contributed by atoms with van der Waals surface area (Å²) in [6.07, 6.45) is 3.79. The zero-order valence-corrected chi connectivity index (χ0v) is 21.5. The third-order valence-electron chi connectivity index (χ3n) is 8.05. The summed E-state index contributed by atoms with van der Waals surface area (Å²) in [5, 5.41) is 49.1. The second-order valence-corrected chi connectivity index (χ2v) is 10.8. The zero-order chi connectivity index (χ0) is 27.8. The lowest BCUT2D eigenvalue weighted by atomic mass is 9.57. The average molecular weight is 523 g/mol. The number of nitrogens with zero attached hydrogens (tertiary/aromatic N) is 3. The summed E-state index contributed by atoms with van der Waals surface area (Å²) >= 11 is 0. The van der Waals surface area contributed by atoms with Crippen molar-refractivity contribution >= 4 is 23.2 Å². The van der Waals surface area contributed by atoms with Crippen molar-refractivity contribution in [3.63, 3.8) is 0 Å². The minimum absolute atomic E-state index is 0.0338. The number of fused-ring (bicyclic) bond motifs is 3. The van der Waals surface area contributed by atoms with Crippen LogP contribution in [0.15, 0.2) is 41.4 Å². The molecule has 200 valence electrons. The summed E-state index contributed by atoms with van der Waals surface area (Å²) in [7, 11) is 3.13. The number of carbonyl (C=O) groups excluding carboxylic acids is 3. The zero-order valence-electron chi connectivity index (χ0n) is 21.5. The first-order valence-electron chi connectivity index (χ1n) is 12.3. The molecular weight excluding hydrogens is 492 g/mol. The molecular formula is C27H30N4O7. The SMILES string of the molecule is CC(C)n1cc(-c2ccc(O)c3c2C[C@H]2C[C@H]4[C@@H](N(C)C)C(=O)C(C(N)=O)=C(O)[C@@]4(O)C(=O)C2=C3O)cn1. The third kappa shape index (κ3) is 3.35. The summed E-state index contributed by atoms with van der Waals surface area (Å²) < 4.78 is 1.78. The van der Waals surface area contributed by atoms with E-state index in [4.69, 9.17) is 5.73 Å². The van der Waals surface area contributed by atoms with E-state index in [2.05, 4.69) is 5.10 Å². The molecule has 6 N–H and O–H groups in total. The topological polar surface area (TPSA) is 179 Å². The largest absolute Gasteiger partial charge is 0.508 e. The van der Waals surface area contributed by atoms with E-state index in [1.807, 2.05) is 20.0 Å². The Morgan fingerprint density at radius 3 is 2.47 bits per heavy atom. The number of amides is 1. The number of Topliss-reactive ketones (excluding diaryl/α,β-unsaturated/α-hetero) is 2. The van der Waals surface area contributed by atoms with Crippen LogP contribution in [0.1, 0.15) is 37.4 Å². The Kier molecular flexibility index (Phi) is 5.77. The van der Waals surface area contributed by atoms with E-state index in [0.29, 0.717) is 11.1 Å². The van der Waals surface area contributed by atoms with Crippen LogP contribution in [0.3, 0.4) is 0 Å². The molecule has 38 heavy (non-hydrogen) atoms. The smallest absolute Gasteiger partial charge is 0.255 e. The molecule has 0 aliphatic heterocycles. The van der Waals surface area contributed by atoms with Crippen LogP contribution in [0.25, 0.3) is 16.9 Å². The van der Waals surface area contributed by atoms with Crippen LogP contribution in [-0.2, 0) is 20.8 Å². The van der Waals surface area contributed by atoms with Crippen molar-refractivity contribution < 1.29 is 34.8 Å². The molecule has 1 heterocycles. The van der Waals surface area contributed by atoms with Gasteiger partial charge >= 0.3 is 0 Å². The van der Waals surface area contributed by atoms with Crippen molar-refractivity contribution in [1.82, 2.24) is 14.7 Å². The predicted molar refractivity (Wildman–Crippen MR) is 136 cm³/mol. The summed E-state index contributed by atoms with van der Waals surface area (Å²) in [5.41, 5.74) is 3.80. The Balaban J connectivity index is 1.72. The van der Waals surface area contributed by atoms with Gasteiger partial charge in [-0.2, -0.15) is 5.10 Å². The molecule has 0 radical (unpaired) electrons. The number of aliphatic hydroxyl groups is 3. The van der Waals surface area contributed by atoms with Gasteiger partial charge in [0.2, 0.25) is 5.78 Å². The molecule has 1 fully saturated rings. The molecule has 1 aromatic heterocycles. The molecule has 4 atom stereocenters. The lowest BCUT2D eigenvalue weighted by molar-refractivity contribution is -0.153. The summed E-state index contributed by atoms with van der Waals surface area (Å²) in [5.74, 6) is -6.72. The van der Waals surface area contributed by atoms with Crippen molar-refractivity contribution in [1.29, 1.82) is 0 Å². The number of aromatic hydroxyl groups is 1. The highest BCUT2D eigenvalue weighted by Crippen LogP contribution is 2.53. The third-order valence-corrected chi connectivity index (χ3v) is 8.05. The molecule has 11 heteroatoms. The first-order chi connectivity index (χ1) is 17.8. The predicted octanol–water partition coefficient (Wildman–Crippen LogP) is 1.41. The highest BCUT2D eigenvalue weighted by molar-refractivity contribution is 6.24. The van der Waals surface area contributed by atoms with Crippen molar-refractivity contribution in [2.45, 2.75) is 44.4 Å². The van der Waals surface area contributed by atoms with Gasteiger partial charge in [-0.3, -0.25) is 24.0 Å². The molecule has 3 aliphatic carbocycles. The number of phenols is 1. The monoisotopic (exact) mass is 522 g/mol. The molecule has 0 saturated heterocycles. The Labute approximate surface area is 218 Å². The van der Waals surface area contributed by atoms with Gasteiger partial charge in [-0.05, 0) is 63.9 Å². The van der Waals surface area contributed by atoms with Crippen LogP contribution in [0, 0.1) is 11.8 Å². The van der Waals surface area contributed by atoms with Gasteiger partial charge in [0.05, 0.1) is 17.8 Å². The molecule has 3 aliphatic rings. The van der Waals surface area contributed by atoms with E-state index in [-0.39, 0.29) is 35.8 Å². The molecule has 1 amide bonds. The van der Waals surface area contributed by atoms with Crippen molar-refractivity contribution in [2.24, 2.45) is 17.6 Å². The van der Waals surface area contributed by atoms with Gasteiger partial charge in [0.1, 0.15) is 22.8 Å². The number of benzene rings is 1. The summed E-state index contributed by atoms with van der Waals surface area (Å²) in [6, 6.07) is 2.12. The molecule has 0 spiro atoms. The van der Waals surface area contributed by atoms with Gasteiger partial charge in [0.25, 0.3) is 5.91 Å². The Morgan fingerprint density at radius 1 is 1.21 bits per heavy atom. The van der Waals surface area contributed by atoms with Gasteiger partial charge < -0.3 is 26.2 Å². The lowest BCUT2D eigenvalue weighted by Crippen LogP contribution is -2.65. The number of phenolic OH excluding ortho intramolecular Hbond substituents is 1. The van der Waals surface area contributed by atoms with Gasteiger partial charge in [0, 0.05) is 29.3 Å². The Bertz CT molecular complexity index is 1470. The van der Waals surface area contributed by atoms with Crippen LogP contribution < -0.4 is 5.73 Å². The first kappa shape index (κ1) is 25.7. The van der Waals surface area contributed by atoms with E-state index in [1.54, 1.807) is 31.0 Å². The molecule has 1 saturated carbocycles. The van der Waals surface area contributed by atoms with Crippen molar-refractivity contribution in [3.05, 3.63) is 52.6 Å². The fraction of sp³-hybridized carbons (Fsp3) is 0.407. The van der Waals surface area contributed by atoms with E-state index in [0.717, 1.165) is 5.56 Å². The Hall–Kier alpha value is -3.96. The highest BCUT2D eigenvalue weighted by atomic mass is 16.3. The van der Waals surface area contributed by atoms with Gasteiger partial charge in [0.15, 0.2) is 11.4 Å². The fourth-order valence-corrected chi connectivity index (χ4v) is 6.27. The summed E-state index contributed by atoms with van der Waals surface area (Å²) in [4.78, 5) is 40.6. The molecule has 0 bridgehead atoms. The minimum atomic E-state index is -2.66. The number of hydrogen-bond donors (Lipinski definition) is 5. The maximum Gasteiger partial charge on any atom is 0.255 e. The second-order valence-electron chi connectivity index (χ2n) is 10.8. The number of carbonyl (C=O) groups is 3. The van der Waals surface area contributed by atoms with E-state index >= 15 is 0 Å². The van der Waals surface area contributed by atoms with Gasteiger partial charge in [-0.1, -0.05) is 6.07 Å². The first-order valence-corrected chi connectivity index (χ1v) is 12.3. The molecule has 2 aromatic rings. The fourth-order valence-electron chi connectivity index (χ4n) is 6.27. The molecule has 11 nitrogen and oxygen atoms in total. The normalized spacial score (nSPS) is 27.1. The molecule has 1 aromatic carbocycles. The maximum atomic E-state index is 13.9. The van der Waals surface area contributed by atoms with E-state index in [1.165, 1.54) is 11.0 Å². The molecule has 0 unspecified atom stereocenters. The number of primary amides is 1. The van der Waals surface area contributed by atoms with E-state index in [9.17, 15) is 34.8 Å². The van der Waals surface area contributed by atoms with E-state index < -0.39 is 58.0 Å². The van der Waals surface area contributed by atoms with Crippen molar-refractivity contribution in [3.8, 4) is 16.9 Å². The van der Waals surface area contributed by atoms with Crippen LogP contribution in [0.2, 0.25) is 0 Å². The average Bonchev–Trinajstić information content (AvgIpc) is 3.31. The number of rotatable bonds is 4. The standard InChI is InChI=1S/C27H30N4O7/c1-11(2)31-10-13(9-29-31)14-5-6-17(32)19-15(14)7-12-8-16-21(30(3)4)23(34)20(26(28)37)25(36)27(16,38)24(35)18(12)22(19)33/h5-6,9-12,16,21,32-33,36,38H,7-8H2,1-4H3,(H2,28,37)/t12-,16-,21+,27-/m0/s1. The number of aliphatic hydroxyl groups excluding tert-OH is 2. The number of ketones is 2. The van der Waals surface area contributed by atoms with Gasteiger partial charge in [-0.15, -0.1) is 0 Å². The minimum Gasteiger partial charge on any atom is -0.508 e. The lowest BCUT2D eigenvalue weighted by Gasteiger charge is -2.50. The van der Waals surface area contributed by atoms with Crippen LogP contribution in [0.5, 0.6) is 5.75 Å². The van der Waals surface area contributed by atoms with Gasteiger partial charge in [-0.25, -0.2) is 0 Å². The molecule has 5 rings (SSSR count). The number of aromatic nitrogens is 2. The number of likely N-dealkylation sites (N-methyl/N-ethyl adjacent to an activating group) is 1.